The number of benzene rings is 2. The third kappa shape index (κ3) is 5.06. The number of nitrogens with one attached hydrogen (secondary N) is 1. The minimum atomic E-state index is -0.342. The van der Waals surface area contributed by atoms with Crippen molar-refractivity contribution in [3.8, 4) is 11.6 Å². The molecule has 0 saturated heterocycles. The van der Waals surface area contributed by atoms with Crippen LogP contribution in [0.25, 0.3) is 0 Å². The van der Waals surface area contributed by atoms with Crippen LogP contribution in [0, 0.1) is 5.82 Å². The van der Waals surface area contributed by atoms with Crippen molar-refractivity contribution in [1.29, 1.82) is 0 Å². The first-order valence-electron chi connectivity index (χ1n) is 8.16. The fraction of sp³-hybridized carbons (Fsp3) is 0.100. The number of hydrogen-bond donors (Lipinski definition) is 2. The predicted octanol–water partition coefficient (Wildman–Crippen LogP) is 4.66. The van der Waals surface area contributed by atoms with Gasteiger partial charge >= 0.3 is 0 Å². The third-order valence-electron chi connectivity index (χ3n) is 3.76. The summed E-state index contributed by atoms with van der Waals surface area (Å²) < 4.78 is 19.5. The molecule has 5 nitrogen and oxygen atoms in total. The van der Waals surface area contributed by atoms with Crippen LogP contribution in [0.1, 0.15) is 11.1 Å². The number of rotatable bonds is 6. The van der Waals surface area contributed by atoms with Gasteiger partial charge in [0.25, 0.3) is 0 Å². The second-order valence-electron chi connectivity index (χ2n) is 5.53. The van der Waals surface area contributed by atoms with Crippen LogP contribution in [0.5, 0.6) is 11.6 Å². The van der Waals surface area contributed by atoms with Gasteiger partial charge in [0.05, 0.1) is 6.54 Å². The third-order valence-corrected chi connectivity index (χ3v) is 4.50. The van der Waals surface area contributed by atoms with Crippen molar-refractivity contribution < 1.29 is 14.3 Å². The van der Waals surface area contributed by atoms with E-state index in [2.05, 4.69) is 15.5 Å². The molecule has 0 aliphatic rings. The number of halogens is 1. The molecule has 0 atom stereocenters. The zero-order valence-electron chi connectivity index (χ0n) is 14.6. The molecule has 138 valence electrons. The number of amidine groups is 1. The monoisotopic (exact) mass is 383 g/mol. The summed E-state index contributed by atoms with van der Waals surface area (Å²) in [5.41, 5.74) is 3.06. The van der Waals surface area contributed by atoms with Crippen molar-refractivity contribution in [2.24, 2.45) is 4.99 Å². The highest BCUT2D eigenvalue weighted by molar-refractivity contribution is 7.98. The normalized spacial score (nSPS) is 11.3. The maximum atomic E-state index is 13.7. The average Bonchev–Trinajstić information content (AvgIpc) is 2.71. The van der Waals surface area contributed by atoms with E-state index in [-0.39, 0.29) is 18.2 Å². The Morgan fingerprint density at radius 3 is 2.67 bits per heavy atom. The zero-order valence-corrected chi connectivity index (χ0v) is 15.4. The van der Waals surface area contributed by atoms with Gasteiger partial charge in [0.1, 0.15) is 11.6 Å². The molecule has 27 heavy (non-hydrogen) atoms. The van der Waals surface area contributed by atoms with Crippen molar-refractivity contribution in [3.05, 3.63) is 83.8 Å². The van der Waals surface area contributed by atoms with Crippen molar-refractivity contribution in [2.45, 2.75) is 11.4 Å². The molecule has 0 saturated carbocycles. The summed E-state index contributed by atoms with van der Waals surface area (Å²) in [6.45, 7) is 0.0875. The smallest absolute Gasteiger partial charge is 0.219 e. The molecule has 2 aromatic carbocycles. The molecule has 7 heteroatoms. The van der Waals surface area contributed by atoms with Gasteiger partial charge < -0.3 is 4.74 Å². The maximum absolute atomic E-state index is 13.7. The molecular formula is C20H18FN3O2S. The first-order chi connectivity index (χ1) is 13.2. The Morgan fingerprint density at radius 1 is 1.19 bits per heavy atom. The Labute approximate surface area is 160 Å². The van der Waals surface area contributed by atoms with Crippen LogP contribution >= 0.6 is 11.8 Å². The number of aliphatic imine (C=N–C) groups is 1. The summed E-state index contributed by atoms with van der Waals surface area (Å²) in [6.07, 6.45) is 3.56. The number of pyridine rings is 1. The highest BCUT2D eigenvalue weighted by Crippen LogP contribution is 2.23. The topological polar surface area (TPSA) is 66.7 Å². The number of thioether (sulfide) groups is 1. The lowest BCUT2D eigenvalue weighted by molar-refractivity contribution is 0.234. The Hall–Kier alpha value is -2.90. The first-order valence-corrected chi connectivity index (χ1v) is 9.38. The summed E-state index contributed by atoms with van der Waals surface area (Å²) in [5, 5.41) is 9.43. The fourth-order valence-corrected chi connectivity index (χ4v) is 2.77. The summed E-state index contributed by atoms with van der Waals surface area (Å²) in [4.78, 5) is 9.55. The highest BCUT2D eigenvalue weighted by atomic mass is 32.2. The SMILES string of the molecule is CSc1ccc(Oc2cc(C(=NCc3ccccc3F)NO)ccn2)cc1. The van der Waals surface area contributed by atoms with E-state index in [1.54, 1.807) is 48.3 Å². The summed E-state index contributed by atoms with van der Waals surface area (Å²) >= 11 is 1.65. The number of hydroxylamine groups is 1. The van der Waals surface area contributed by atoms with Crippen molar-refractivity contribution >= 4 is 17.6 Å². The number of ether oxygens (including phenoxy) is 1. The van der Waals surface area contributed by atoms with Crippen LogP contribution < -0.4 is 10.2 Å². The predicted molar refractivity (Wildman–Crippen MR) is 104 cm³/mol. The Bertz CT molecular complexity index is 933. The lowest BCUT2D eigenvalue weighted by Gasteiger charge is -2.09. The quantitative estimate of drug-likeness (QED) is 0.280. The molecule has 0 amide bonds. The lowest BCUT2D eigenvalue weighted by atomic mass is 10.2. The van der Waals surface area contributed by atoms with Gasteiger partial charge in [0, 0.05) is 28.3 Å². The number of nitrogens with zero attached hydrogens (tertiary/aromatic N) is 2. The van der Waals surface area contributed by atoms with Gasteiger partial charge in [-0.15, -0.1) is 11.8 Å². The van der Waals surface area contributed by atoms with Gasteiger partial charge in [-0.3, -0.25) is 15.7 Å². The lowest BCUT2D eigenvalue weighted by Crippen LogP contribution is -2.20. The Balaban J connectivity index is 1.77. The summed E-state index contributed by atoms with van der Waals surface area (Å²) in [5.74, 6) is 0.867. The van der Waals surface area contributed by atoms with Crippen molar-refractivity contribution in [1.82, 2.24) is 10.5 Å². The molecule has 2 N–H and O–H groups in total. The van der Waals surface area contributed by atoms with Crippen LogP contribution in [0.4, 0.5) is 4.39 Å². The van der Waals surface area contributed by atoms with Crippen LogP contribution in [0.3, 0.4) is 0 Å². The van der Waals surface area contributed by atoms with Crippen LogP contribution in [-0.2, 0) is 6.54 Å². The van der Waals surface area contributed by atoms with E-state index in [0.717, 1.165) is 4.90 Å². The van der Waals surface area contributed by atoms with Crippen molar-refractivity contribution in [2.75, 3.05) is 6.26 Å². The second-order valence-corrected chi connectivity index (χ2v) is 6.41. The van der Waals surface area contributed by atoms with E-state index in [9.17, 15) is 9.60 Å². The zero-order chi connectivity index (χ0) is 19.1. The van der Waals surface area contributed by atoms with Gasteiger partial charge in [-0.05, 0) is 42.7 Å². The van der Waals surface area contributed by atoms with E-state index >= 15 is 0 Å². The van der Waals surface area contributed by atoms with Crippen LogP contribution in [0.2, 0.25) is 0 Å². The Morgan fingerprint density at radius 2 is 1.96 bits per heavy atom. The second kappa shape index (κ2) is 9.16. The van der Waals surface area contributed by atoms with Gasteiger partial charge in [-0.1, -0.05) is 18.2 Å². The first kappa shape index (κ1) is 18.9. The molecule has 0 bridgehead atoms. The van der Waals surface area contributed by atoms with Gasteiger partial charge in [0.15, 0.2) is 5.84 Å². The molecule has 0 aliphatic carbocycles. The summed E-state index contributed by atoms with van der Waals surface area (Å²) in [6, 6.07) is 17.3. The fourth-order valence-electron chi connectivity index (χ4n) is 2.36. The molecule has 3 rings (SSSR count). The largest absolute Gasteiger partial charge is 0.439 e. The van der Waals surface area contributed by atoms with Gasteiger partial charge in [0.2, 0.25) is 5.88 Å². The molecule has 0 spiro atoms. The molecule has 1 aromatic heterocycles. The van der Waals surface area contributed by atoms with Gasteiger partial charge in [-0.25, -0.2) is 9.37 Å². The summed E-state index contributed by atoms with van der Waals surface area (Å²) in [7, 11) is 0. The van der Waals surface area contributed by atoms with E-state index in [4.69, 9.17) is 4.74 Å². The standard InChI is InChI=1S/C20H18FN3O2S/c1-27-17-8-6-16(7-9-17)26-19-12-14(10-11-22-19)20(24-25)23-13-15-4-2-3-5-18(15)21/h2-12,25H,13H2,1H3,(H,23,24). The number of aromatic nitrogens is 1. The molecule has 0 radical (unpaired) electrons. The molecule has 3 aromatic rings. The minimum absolute atomic E-state index is 0.0875. The number of hydrogen-bond acceptors (Lipinski definition) is 5. The highest BCUT2D eigenvalue weighted by Gasteiger charge is 2.07. The van der Waals surface area contributed by atoms with Gasteiger partial charge in [-0.2, -0.15) is 0 Å². The maximum Gasteiger partial charge on any atom is 0.219 e. The average molecular weight is 383 g/mol. The molecule has 1 heterocycles. The van der Waals surface area contributed by atoms with Crippen molar-refractivity contribution in [3.63, 3.8) is 0 Å². The van der Waals surface area contributed by atoms with E-state index in [1.165, 1.54) is 6.07 Å². The molecule has 0 fully saturated rings. The minimum Gasteiger partial charge on any atom is -0.439 e. The Kier molecular flexibility index (Phi) is 6.40. The van der Waals surface area contributed by atoms with Crippen LogP contribution in [0.15, 0.2) is 76.7 Å². The van der Waals surface area contributed by atoms with E-state index < -0.39 is 0 Å². The van der Waals surface area contributed by atoms with E-state index in [0.29, 0.717) is 22.8 Å². The molecule has 0 aliphatic heterocycles. The molecular weight excluding hydrogens is 365 g/mol. The molecule has 0 unspecified atom stereocenters. The van der Waals surface area contributed by atoms with E-state index in [1.807, 2.05) is 30.5 Å². The van der Waals surface area contributed by atoms with Crippen LogP contribution in [-0.4, -0.2) is 22.3 Å².